The minimum atomic E-state index is -3.71. The molecule has 5 atom stereocenters. The number of benzene rings is 1. The van der Waals surface area contributed by atoms with Crippen LogP contribution in [0.15, 0.2) is 33.7 Å². The molecule has 34 heavy (non-hydrogen) atoms. The lowest BCUT2D eigenvalue weighted by atomic mass is 10.0. The van der Waals surface area contributed by atoms with Gasteiger partial charge in [-0.05, 0) is 54.7 Å². The van der Waals surface area contributed by atoms with Crippen molar-refractivity contribution in [3.8, 4) is 0 Å². The van der Waals surface area contributed by atoms with E-state index in [0.717, 1.165) is 37.8 Å². The average molecular weight is 485 g/mol. The Balaban J connectivity index is 1.15. The van der Waals surface area contributed by atoms with Crippen LogP contribution in [0.4, 0.5) is 0 Å². The molecule has 1 saturated heterocycles. The van der Waals surface area contributed by atoms with Gasteiger partial charge in [0.1, 0.15) is 0 Å². The summed E-state index contributed by atoms with van der Waals surface area (Å²) >= 11 is 0. The molecule has 4 aliphatic rings. The molecule has 3 unspecified atom stereocenters. The van der Waals surface area contributed by atoms with Crippen LogP contribution in [0.1, 0.15) is 87.4 Å². The first-order valence-electron chi connectivity index (χ1n) is 12.4. The van der Waals surface area contributed by atoms with Gasteiger partial charge >= 0.3 is 0 Å². The summed E-state index contributed by atoms with van der Waals surface area (Å²) in [6.07, 6.45) is 6.54. The third-order valence-electron chi connectivity index (χ3n) is 8.97. The number of sulfonamides is 1. The number of rotatable bonds is 5. The van der Waals surface area contributed by atoms with Crippen molar-refractivity contribution in [2.75, 3.05) is 6.54 Å². The molecule has 1 amide bonds. The highest BCUT2D eigenvalue weighted by Crippen LogP contribution is 2.69. The van der Waals surface area contributed by atoms with E-state index >= 15 is 0 Å². The van der Waals surface area contributed by atoms with Crippen molar-refractivity contribution in [2.45, 2.75) is 81.1 Å². The molecule has 9 heteroatoms. The van der Waals surface area contributed by atoms with Gasteiger partial charge in [-0.15, -0.1) is 0 Å². The van der Waals surface area contributed by atoms with Crippen molar-refractivity contribution in [1.82, 2.24) is 15.0 Å². The Labute approximate surface area is 200 Å². The molecule has 4 fully saturated rings. The largest absolute Gasteiger partial charge is 0.339 e. The highest BCUT2D eigenvalue weighted by atomic mass is 32.2. The number of hydrogen-bond donors (Lipinski definition) is 1. The predicted molar refractivity (Wildman–Crippen MR) is 124 cm³/mol. The van der Waals surface area contributed by atoms with Gasteiger partial charge in [-0.2, -0.15) is 4.98 Å². The van der Waals surface area contributed by atoms with Gasteiger partial charge in [0.2, 0.25) is 21.8 Å². The lowest BCUT2D eigenvalue weighted by Crippen LogP contribution is -2.36. The lowest BCUT2D eigenvalue weighted by Gasteiger charge is -2.25. The number of carbonyl (C=O) groups excluding carboxylic acids is 1. The predicted octanol–water partition coefficient (Wildman–Crippen LogP) is 3.52. The number of carbonyl (C=O) groups is 1. The van der Waals surface area contributed by atoms with Gasteiger partial charge in [-0.3, -0.25) is 4.79 Å². The molecule has 6 rings (SSSR count). The zero-order chi connectivity index (χ0) is 23.8. The summed E-state index contributed by atoms with van der Waals surface area (Å²) in [4.78, 5) is 20.1. The summed E-state index contributed by atoms with van der Waals surface area (Å²) < 4.78 is 28.9. The van der Waals surface area contributed by atoms with E-state index in [1.807, 2.05) is 12.1 Å². The first-order valence-corrected chi connectivity index (χ1v) is 14.0. The highest BCUT2D eigenvalue weighted by Gasteiger charge is 2.61. The van der Waals surface area contributed by atoms with E-state index in [1.54, 1.807) is 12.1 Å². The van der Waals surface area contributed by atoms with Gasteiger partial charge in [0.15, 0.2) is 5.82 Å². The molecule has 3 aliphatic carbocycles. The fourth-order valence-electron chi connectivity index (χ4n) is 7.08. The van der Waals surface area contributed by atoms with Gasteiger partial charge in [-0.1, -0.05) is 44.0 Å². The topological polar surface area (TPSA) is 119 Å². The van der Waals surface area contributed by atoms with E-state index in [9.17, 15) is 13.2 Å². The maximum absolute atomic E-state index is 13.1. The van der Waals surface area contributed by atoms with Crippen LogP contribution in [-0.4, -0.2) is 42.0 Å². The first kappa shape index (κ1) is 22.2. The fourth-order valence-corrected chi connectivity index (χ4v) is 7.59. The Morgan fingerprint density at radius 3 is 2.44 bits per heavy atom. The van der Waals surface area contributed by atoms with E-state index in [0.29, 0.717) is 29.6 Å². The summed E-state index contributed by atoms with van der Waals surface area (Å²) in [7, 11) is -3.71. The number of amides is 1. The Hall–Kier alpha value is -2.26. The van der Waals surface area contributed by atoms with Crippen LogP contribution < -0.4 is 5.14 Å². The SMILES string of the molecule is CC1(C)[C@@H](c2ccc(S(N)(=O)=O)cc2)[C@@H]1c1noc(C2CC3CN(C4CCCC4)C(=O)C3C2)n1. The first-order chi connectivity index (χ1) is 16.1. The molecular weight excluding hydrogens is 452 g/mol. The molecule has 182 valence electrons. The Morgan fingerprint density at radius 1 is 1.09 bits per heavy atom. The molecule has 0 spiro atoms. The molecule has 1 aliphatic heterocycles. The minimum absolute atomic E-state index is 0.0613. The van der Waals surface area contributed by atoms with Crippen LogP contribution in [0.3, 0.4) is 0 Å². The summed E-state index contributed by atoms with van der Waals surface area (Å²) in [6, 6.07) is 7.22. The van der Waals surface area contributed by atoms with Gasteiger partial charge in [0.05, 0.1) is 4.90 Å². The molecule has 3 saturated carbocycles. The number of likely N-dealkylation sites (tertiary alicyclic amines) is 1. The molecule has 1 aromatic heterocycles. The Morgan fingerprint density at radius 2 is 1.79 bits per heavy atom. The molecule has 2 aromatic rings. The molecule has 0 bridgehead atoms. The van der Waals surface area contributed by atoms with Gasteiger partial charge in [-0.25, -0.2) is 13.6 Å². The van der Waals surface area contributed by atoms with E-state index in [4.69, 9.17) is 14.6 Å². The highest BCUT2D eigenvalue weighted by molar-refractivity contribution is 7.89. The molecular formula is C25H32N4O4S. The monoisotopic (exact) mass is 484 g/mol. The third kappa shape index (κ3) is 3.50. The zero-order valence-corrected chi connectivity index (χ0v) is 20.5. The molecule has 0 radical (unpaired) electrons. The summed E-state index contributed by atoms with van der Waals surface area (Å²) in [6.45, 7) is 5.22. The van der Waals surface area contributed by atoms with E-state index in [1.165, 1.54) is 12.8 Å². The second-order valence-corrected chi connectivity index (χ2v) is 12.9. The van der Waals surface area contributed by atoms with Crippen LogP contribution in [0, 0.1) is 17.3 Å². The van der Waals surface area contributed by atoms with Crippen LogP contribution in [0.5, 0.6) is 0 Å². The second-order valence-electron chi connectivity index (χ2n) is 11.3. The van der Waals surface area contributed by atoms with E-state index < -0.39 is 10.0 Å². The van der Waals surface area contributed by atoms with Crippen molar-refractivity contribution >= 4 is 15.9 Å². The van der Waals surface area contributed by atoms with E-state index in [2.05, 4.69) is 23.9 Å². The zero-order valence-electron chi connectivity index (χ0n) is 19.7. The van der Waals surface area contributed by atoms with Gasteiger partial charge in [0, 0.05) is 36.3 Å². The summed E-state index contributed by atoms with van der Waals surface area (Å²) in [5.41, 5.74) is 0.982. The number of hydrogen-bond acceptors (Lipinski definition) is 6. The van der Waals surface area contributed by atoms with Crippen molar-refractivity contribution in [3.05, 3.63) is 41.5 Å². The van der Waals surface area contributed by atoms with Crippen LogP contribution in [0.25, 0.3) is 0 Å². The number of aromatic nitrogens is 2. The van der Waals surface area contributed by atoms with Crippen LogP contribution in [-0.2, 0) is 14.8 Å². The number of nitrogens with two attached hydrogens (primary N) is 1. The van der Waals surface area contributed by atoms with Crippen LogP contribution >= 0.6 is 0 Å². The minimum Gasteiger partial charge on any atom is -0.339 e. The molecule has 8 nitrogen and oxygen atoms in total. The fraction of sp³-hybridized carbons (Fsp3) is 0.640. The molecule has 2 heterocycles. The average Bonchev–Trinajstić information content (AvgIpc) is 3.41. The Bertz CT molecular complexity index is 1220. The van der Waals surface area contributed by atoms with Crippen molar-refractivity contribution in [2.24, 2.45) is 22.4 Å². The Kier molecular flexibility index (Phi) is 4.98. The second kappa shape index (κ2) is 7.62. The summed E-state index contributed by atoms with van der Waals surface area (Å²) in [5, 5.41) is 9.57. The quantitative estimate of drug-likeness (QED) is 0.693. The maximum Gasteiger partial charge on any atom is 0.238 e. The smallest absolute Gasteiger partial charge is 0.238 e. The summed E-state index contributed by atoms with van der Waals surface area (Å²) in [5.74, 6) is 2.64. The lowest BCUT2D eigenvalue weighted by molar-refractivity contribution is -0.133. The number of nitrogens with zero attached hydrogens (tertiary/aromatic N) is 3. The maximum atomic E-state index is 13.1. The number of fused-ring (bicyclic) bond motifs is 1. The standard InChI is InChI=1S/C25H32N4O4S/c1-25(2)20(14-7-9-18(10-8-14)34(26,31)32)21(25)22-27-23(33-28-22)15-11-16-13-29(17-5-3-4-6-17)24(30)19(16)12-15/h7-10,15-17,19-21H,3-6,11-13H2,1-2H3,(H2,26,31,32)/t15?,16?,19?,20-,21+/m0/s1. The van der Waals surface area contributed by atoms with Gasteiger partial charge in [0.25, 0.3) is 0 Å². The van der Waals surface area contributed by atoms with Crippen LogP contribution in [0.2, 0.25) is 0 Å². The number of primary sulfonamides is 1. The van der Waals surface area contributed by atoms with Crippen molar-refractivity contribution in [1.29, 1.82) is 0 Å². The normalized spacial score (nSPS) is 33.0. The third-order valence-corrected chi connectivity index (χ3v) is 9.90. The van der Waals surface area contributed by atoms with E-state index in [-0.39, 0.29) is 34.0 Å². The van der Waals surface area contributed by atoms with Gasteiger partial charge < -0.3 is 9.42 Å². The molecule has 1 aromatic carbocycles. The molecule has 2 N–H and O–H groups in total. The van der Waals surface area contributed by atoms with Crippen molar-refractivity contribution < 1.29 is 17.7 Å². The van der Waals surface area contributed by atoms with Crippen molar-refractivity contribution in [3.63, 3.8) is 0 Å².